The van der Waals surface area contributed by atoms with Crippen LogP contribution in [0.25, 0.3) is 0 Å². The Morgan fingerprint density at radius 3 is 2.45 bits per heavy atom. The van der Waals surface area contributed by atoms with Crippen molar-refractivity contribution in [1.29, 1.82) is 0 Å². The first-order valence-corrected chi connectivity index (χ1v) is 7.01. The van der Waals surface area contributed by atoms with Gasteiger partial charge in [0.25, 0.3) is 5.91 Å². The minimum absolute atomic E-state index is 0.0719. The third kappa shape index (κ3) is 4.45. The van der Waals surface area contributed by atoms with E-state index in [1.165, 1.54) is 6.20 Å². The van der Waals surface area contributed by atoms with Crippen LogP contribution < -0.4 is 5.32 Å². The fourth-order valence-corrected chi connectivity index (χ4v) is 2.14. The molecule has 0 aliphatic heterocycles. The van der Waals surface area contributed by atoms with Crippen molar-refractivity contribution in [3.8, 4) is 0 Å². The van der Waals surface area contributed by atoms with Crippen LogP contribution in [0.4, 0.5) is 5.82 Å². The van der Waals surface area contributed by atoms with Gasteiger partial charge in [0.2, 0.25) is 0 Å². The molecule has 112 valence electrons. The lowest BCUT2D eigenvalue weighted by Crippen LogP contribution is -2.44. The highest BCUT2D eigenvalue weighted by Gasteiger charge is 2.21. The number of carbonyl (C=O) groups excluding carboxylic acids is 1. The highest BCUT2D eigenvalue weighted by Crippen LogP contribution is 2.08. The van der Waals surface area contributed by atoms with Crippen LogP contribution in [0.1, 0.15) is 31.3 Å². The second-order valence-electron chi connectivity index (χ2n) is 5.02. The monoisotopic (exact) mass is 279 g/mol. The van der Waals surface area contributed by atoms with Crippen LogP contribution in [-0.4, -0.2) is 65.4 Å². The second-order valence-corrected chi connectivity index (χ2v) is 5.02. The molecule has 1 atom stereocenters. The molecule has 0 bridgehead atoms. The summed E-state index contributed by atoms with van der Waals surface area (Å²) in [7, 11) is 4.00. The molecule has 1 rings (SSSR count). The molecule has 0 aromatic carbocycles. The van der Waals surface area contributed by atoms with Crippen molar-refractivity contribution in [1.82, 2.24) is 19.8 Å². The number of hydrogen-bond acceptors (Lipinski definition) is 5. The Hall–Kier alpha value is -1.69. The Morgan fingerprint density at radius 2 is 2.00 bits per heavy atom. The number of carbonyl (C=O) groups is 1. The molecular weight excluding hydrogens is 254 g/mol. The summed E-state index contributed by atoms with van der Waals surface area (Å²) in [4.78, 5) is 24.7. The van der Waals surface area contributed by atoms with Crippen molar-refractivity contribution in [2.45, 2.75) is 26.8 Å². The van der Waals surface area contributed by atoms with Crippen LogP contribution in [0.3, 0.4) is 0 Å². The van der Waals surface area contributed by atoms with Crippen LogP contribution in [-0.2, 0) is 0 Å². The molecule has 6 nitrogen and oxygen atoms in total. The van der Waals surface area contributed by atoms with Crippen LogP contribution in [0, 0.1) is 0 Å². The Kier molecular flexibility index (Phi) is 6.38. The minimum Gasteiger partial charge on any atom is -0.369 e. The van der Waals surface area contributed by atoms with E-state index in [9.17, 15) is 4.79 Å². The summed E-state index contributed by atoms with van der Waals surface area (Å²) in [5.74, 6) is 0.617. The summed E-state index contributed by atoms with van der Waals surface area (Å²) < 4.78 is 0. The molecule has 1 N–H and O–H groups in total. The number of nitrogens with zero attached hydrogens (tertiary/aromatic N) is 4. The molecule has 0 aliphatic rings. The van der Waals surface area contributed by atoms with E-state index in [1.54, 1.807) is 6.20 Å². The summed E-state index contributed by atoms with van der Waals surface area (Å²) in [6.07, 6.45) is 3.13. The van der Waals surface area contributed by atoms with Gasteiger partial charge in [-0.05, 0) is 34.9 Å². The summed E-state index contributed by atoms with van der Waals surface area (Å²) in [5, 5.41) is 3.06. The lowest BCUT2D eigenvalue weighted by molar-refractivity contribution is 0.0672. The minimum atomic E-state index is -0.0719. The van der Waals surface area contributed by atoms with Gasteiger partial charge < -0.3 is 15.1 Å². The van der Waals surface area contributed by atoms with Crippen molar-refractivity contribution < 1.29 is 4.79 Å². The van der Waals surface area contributed by atoms with Crippen molar-refractivity contribution in [3.05, 3.63) is 18.1 Å². The quantitative estimate of drug-likeness (QED) is 0.815. The molecular formula is C14H25N5O. The van der Waals surface area contributed by atoms with Gasteiger partial charge in [-0.25, -0.2) is 9.97 Å². The molecule has 0 spiro atoms. The molecule has 0 aliphatic carbocycles. The first kappa shape index (κ1) is 16.4. The lowest BCUT2D eigenvalue weighted by Gasteiger charge is -2.29. The van der Waals surface area contributed by atoms with E-state index in [2.05, 4.69) is 20.2 Å². The average Bonchev–Trinajstić information content (AvgIpc) is 2.39. The van der Waals surface area contributed by atoms with Crippen LogP contribution in [0.2, 0.25) is 0 Å². The van der Waals surface area contributed by atoms with E-state index >= 15 is 0 Å². The van der Waals surface area contributed by atoms with E-state index in [0.29, 0.717) is 18.1 Å². The number of hydrogen-bond donors (Lipinski definition) is 1. The van der Waals surface area contributed by atoms with Gasteiger partial charge in [-0.15, -0.1) is 0 Å². The van der Waals surface area contributed by atoms with E-state index in [4.69, 9.17) is 0 Å². The van der Waals surface area contributed by atoms with Gasteiger partial charge >= 0.3 is 0 Å². The molecule has 0 saturated heterocycles. The zero-order chi connectivity index (χ0) is 15.1. The summed E-state index contributed by atoms with van der Waals surface area (Å²) in [5.41, 5.74) is 0.388. The molecule has 0 radical (unpaired) electrons. The standard InChI is InChI=1S/C14H25N5O/c1-6-15-13-9-16-12(8-17-13)14(20)19(7-2)11(3)10-18(4)5/h8-9,11H,6-7,10H2,1-5H3,(H,15,17). The molecule has 1 heterocycles. The number of amides is 1. The summed E-state index contributed by atoms with van der Waals surface area (Å²) >= 11 is 0. The van der Waals surface area contributed by atoms with E-state index < -0.39 is 0 Å². The number of likely N-dealkylation sites (N-methyl/N-ethyl adjacent to an activating group) is 2. The molecule has 1 unspecified atom stereocenters. The summed E-state index contributed by atoms with van der Waals surface area (Å²) in [6.45, 7) is 8.27. The van der Waals surface area contributed by atoms with Crippen molar-refractivity contribution >= 4 is 11.7 Å². The maximum atomic E-state index is 12.5. The van der Waals surface area contributed by atoms with Crippen LogP contribution in [0.15, 0.2) is 12.4 Å². The normalized spacial score (nSPS) is 12.3. The van der Waals surface area contributed by atoms with Crippen molar-refractivity contribution in [3.63, 3.8) is 0 Å². The second kappa shape index (κ2) is 7.79. The topological polar surface area (TPSA) is 61.4 Å². The van der Waals surface area contributed by atoms with Gasteiger partial charge in [0.05, 0.1) is 12.4 Å². The first-order valence-electron chi connectivity index (χ1n) is 7.01. The summed E-state index contributed by atoms with van der Waals surface area (Å²) in [6, 6.07) is 0.137. The maximum Gasteiger partial charge on any atom is 0.274 e. The van der Waals surface area contributed by atoms with Crippen LogP contribution in [0.5, 0.6) is 0 Å². The van der Waals surface area contributed by atoms with Gasteiger partial charge in [-0.1, -0.05) is 0 Å². The Labute approximate surface area is 121 Å². The number of aromatic nitrogens is 2. The maximum absolute atomic E-state index is 12.5. The van der Waals surface area contributed by atoms with E-state index in [-0.39, 0.29) is 11.9 Å². The lowest BCUT2D eigenvalue weighted by atomic mass is 10.2. The van der Waals surface area contributed by atoms with Crippen molar-refractivity contribution in [2.75, 3.05) is 39.0 Å². The largest absolute Gasteiger partial charge is 0.369 e. The molecule has 1 amide bonds. The van der Waals surface area contributed by atoms with Crippen LogP contribution >= 0.6 is 0 Å². The Morgan fingerprint density at radius 1 is 1.30 bits per heavy atom. The smallest absolute Gasteiger partial charge is 0.274 e. The average molecular weight is 279 g/mol. The fourth-order valence-electron chi connectivity index (χ4n) is 2.14. The third-order valence-electron chi connectivity index (χ3n) is 2.99. The SMILES string of the molecule is CCNc1cnc(C(=O)N(CC)C(C)CN(C)C)cn1. The number of anilines is 1. The Bertz CT molecular complexity index is 418. The van der Waals surface area contributed by atoms with Gasteiger partial charge in [0.15, 0.2) is 0 Å². The highest BCUT2D eigenvalue weighted by molar-refractivity contribution is 5.92. The molecule has 6 heteroatoms. The third-order valence-corrected chi connectivity index (χ3v) is 2.99. The predicted octanol–water partition coefficient (Wildman–Crippen LogP) is 1.32. The number of rotatable bonds is 7. The molecule has 0 saturated carbocycles. The van der Waals surface area contributed by atoms with Gasteiger partial charge in [0, 0.05) is 25.7 Å². The van der Waals surface area contributed by atoms with Gasteiger partial charge in [-0.2, -0.15) is 0 Å². The fraction of sp³-hybridized carbons (Fsp3) is 0.643. The van der Waals surface area contributed by atoms with Gasteiger partial charge in [-0.3, -0.25) is 4.79 Å². The van der Waals surface area contributed by atoms with E-state index in [1.807, 2.05) is 39.8 Å². The first-order chi connectivity index (χ1) is 9.49. The van der Waals surface area contributed by atoms with Crippen molar-refractivity contribution in [2.24, 2.45) is 0 Å². The number of nitrogens with one attached hydrogen (secondary N) is 1. The Balaban J connectivity index is 2.79. The zero-order valence-corrected chi connectivity index (χ0v) is 13.1. The molecule has 1 aromatic rings. The van der Waals surface area contributed by atoms with Gasteiger partial charge in [0.1, 0.15) is 11.5 Å². The predicted molar refractivity (Wildman–Crippen MR) is 80.9 cm³/mol. The highest BCUT2D eigenvalue weighted by atomic mass is 16.2. The van der Waals surface area contributed by atoms with E-state index in [0.717, 1.165) is 13.1 Å². The molecule has 20 heavy (non-hydrogen) atoms. The molecule has 0 fully saturated rings. The molecule has 1 aromatic heterocycles. The zero-order valence-electron chi connectivity index (χ0n) is 13.1.